The Hall–Kier alpha value is -1.88. The zero-order valence-corrected chi connectivity index (χ0v) is 10.6. The molecule has 0 amide bonds. The van der Waals surface area contributed by atoms with Crippen LogP contribution in [0.15, 0.2) is 24.3 Å². The lowest BCUT2D eigenvalue weighted by Crippen LogP contribution is -2.49. The molecule has 2 unspecified atom stereocenters. The number of carboxylic acids is 1. The molecule has 5 heteroatoms. The molecule has 0 aliphatic heterocycles. The Kier molecular flexibility index (Phi) is 3.57. The Balaban J connectivity index is 2.34. The molecule has 1 aromatic carbocycles. The fourth-order valence-corrected chi connectivity index (χ4v) is 2.56. The number of methoxy groups -OCH3 is 1. The molecule has 2 N–H and O–H groups in total. The molecule has 5 nitrogen and oxygen atoms in total. The Morgan fingerprint density at radius 1 is 1.37 bits per heavy atom. The average Bonchev–Trinajstić information content (AvgIpc) is 2.39. The largest absolute Gasteiger partial charge is 0.497 e. The molecule has 0 spiro atoms. The average molecular weight is 264 g/mol. The van der Waals surface area contributed by atoms with Crippen LogP contribution in [0.25, 0.3) is 0 Å². The summed E-state index contributed by atoms with van der Waals surface area (Å²) < 4.78 is 5.04. The summed E-state index contributed by atoms with van der Waals surface area (Å²) in [7, 11) is 1.54. The highest BCUT2D eigenvalue weighted by Crippen LogP contribution is 2.40. The van der Waals surface area contributed by atoms with Gasteiger partial charge in [-0.25, -0.2) is 4.79 Å². The number of carbonyl (C=O) groups is 2. The normalized spacial score (nSPS) is 27.1. The molecule has 0 radical (unpaired) electrons. The van der Waals surface area contributed by atoms with E-state index in [-0.39, 0.29) is 12.2 Å². The van der Waals surface area contributed by atoms with Crippen LogP contribution >= 0.6 is 0 Å². The van der Waals surface area contributed by atoms with Gasteiger partial charge in [-0.05, 0) is 24.1 Å². The second-order valence-electron chi connectivity index (χ2n) is 4.81. The van der Waals surface area contributed by atoms with Gasteiger partial charge in [-0.15, -0.1) is 0 Å². The maximum Gasteiger partial charge on any atom is 0.336 e. The number of carbonyl (C=O) groups excluding carboxylic acids is 1. The molecule has 0 aromatic heterocycles. The maximum absolute atomic E-state index is 11.4. The van der Waals surface area contributed by atoms with Crippen LogP contribution in [0.1, 0.15) is 30.7 Å². The van der Waals surface area contributed by atoms with E-state index in [1.807, 2.05) is 0 Å². The first-order valence-corrected chi connectivity index (χ1v) is 6.09. The van der Waals surface area contributed by atoms with Crippen LogP contribution in [0.4, 0.5) is 0 Å². The van der Waals surface area contributed by atoms with E-state index in [2.05, 4.69) is 0 Å². The minimum Gasteiger partial charge on any atom is -0.497 e. The van der Waals surface area contributed by atoms with Crippen molar-refractivity contribution < 1.29 is 24.5 Å². The number of hydrogen-bond donors (Lipinski definition) is 2. The van der Waals surface area contributed by atoms with Crippen LogP contribution in [0.2, 0.25) is 0 Å². The van der Waals surface area contributed by atoms with Gasteiger partial charge < -0.3 is 14.9 Å². The number of Topliss-reactive ketones (excluding diaryl/α,β-unsaturated/α-hetero) is 1. The van der Waals surface area contributed by atoms with Gasteiger partial charge in [0.2, 0.25) is 0 Å². The van der Waals surface area contributed by atoms with E-state index in [0.717, 1.165) is 0 Å². The van der Waals surface area contributed by atoms with Crippen LogP contribution in [0, 0.1) is 0 Å². The molecule has 1 aliphatic carbocycles. The highest BCUT2D eigenvalue weighted by atomic mass is 16.5. The fourth-order valence-electron chi connectivity index (χ4n) is 2.56. The summed E-state index contributed by atoms with van der Waals surface area (Å²) in [6.45, 7) is 0. The van der Waals surface area contributed by atoms with Crippen molar-refractivity contribution in [3.63, 3.8) is 0 Å². The molecular formula is C14H16O5. The lowest BCUT2D eigenvalue weighted by atomic mass is 9.71. The Bertz CT molecular complexity index is 493. The molecule has 1 saturated carbocycles. The summed E-state index contributed by atoms with van der Waals surface area (Å²) in [4.78, 5) is 22.7. The Morgan fingerprint density at radius 2 is 2.00 bits per heavy atom. The van der Waals surface area contributed by atoms with Crippen molar-refractivity contribution in [2.75, 3.05) is 7.11 Å². The zero-order valence-electron chi connectivity index (χ0n) is 10.6. The maximum atomic E-state index is 11.4. The quantitative estimate of drug-likeness (QED) is 0.860. The van der Waals surface area contributed by atoms with E-state index >= 15 is 0 Å². The van der Waals surface area contributed by atoms with Crippen molar-refractivity contribution in [2.45, 2.75) is 30.8 Å². The number of ether oxygens (including phenoxy) is 1. The first kappa shape index (κ1) is 13.5. The van der Waals surface area contributed by atoms with Gasteiger partial charge in [-0.3, -0.25) is 4.79 Å². The van der Waals surface area contributed by atoms with Gasteiger partial charge in [0.15, 0.2) is 5.60 Å². The number of hydrogen-bond acceptors (Lipinski definition) is 4. The zero-order chi connectivity index (χ0) is 14.0. The van der Waals surface area contributed by atoms with Gasteiger partial charge >= 0.3 is 5.97 Å². The topological polar surface area (TPSA) is 83.8 Å². The molecular weight excluding hydrogens is 248 g/mol. The Morgan fingerprint density at radius 3 is 2.53 bits per heavy atom. The molecule has 2 atom stereocenters. The molecule has 102 valence electrons. The predicted octanol–water partition coefficient (Wildman–Crippen LogP) is 1.35. The third kappa shape index (κ3) is 2.46. The number of aliphatic hydroxyl groups is 1. The van der Waals surface area contributed by atoms with Crippen LogP contribution in [0.3, 0.4) is 0 Å². The fraction of sp³-hybridized carbons (Fsp3) is 0.429. The SMILES string of the molecule is COc1ccc(C2CCC(=O)CC2(O)C(=O)O)cc1. The number of benzene rings is 1. The standard InChI is InChI=1S/C14H16O5/c1-19-11-5-2-9(3-6-11)12-7-4-10(15)8-14(12,18)13(16)17/h2-3,5-6,12,18H,4,7-8H2,1H3,(H,16,17). The van der Waals surface area contributed by atoms with Gasteiger partial charge in [0, 0.05) is 18.8 Å². The van der Waals surface area contributed by atoms with Gasteiger partial charge in [-0.2, -0.15) is 0 Å². The van der Waals surface area contributed by atoms with Crippen molar-refractivity contribution in [2.24, 2.45) is 0 Å². The monoisotopic (exact) mass is 264 g/mol. The number of ketones is 1. The molecule has 0 heterocycles. The molecule has 1 aliphatic rings. The third-order valence-corrected chi connectivity index (χ3v) is 3.64. The first-order chi connectivity index (χ1) is 8.97. The highest BCUT2D eigenvalue weighted by Gasteiger charge is 2.49. The smallest absolute Gasteiger partial charge is 0.336 e. The van der Waals surface area contributed by atoms with E-state index in [4.69, 9.17) is 4.74 Å². The summed E-state index contributed by atoms with van der Waals surface area (Å²) >= 11 is 0. The van der Waals surface area contributed by atoms with E-state index in [9.17, 15) is 19.8 Å². The lowest BCUT2D eigenvalue weighted by Gasteiger charge is -2.36. The molecule has 2 rings (SSSR count). The Labute approximate surface area is 110 Å². The second-order valence-corrected chi connectivity index (χ2v) is 4.81. The molecule has 1 aromatic rings. The van der Waals surface area contributed by atoms with Gasteiger partial charge in [0.1, 0.15) is 11.5 Å². The van der Waals surface area contributed by atoms with E-state index < -0.39 is 17.5 Å². The summed E-state index contributed by atoms with van der Waals surface area (Å²) in [5.74, 6) is -1.47. The molecule has 1 fully saturated rings. The van der Waals surface area contributed by atoms with E-state index in [1.54, 1.807) is 31.4 Å². The van der Waals surface area contributed by atoms with Crippen LogP contribution < -0.4 is 4.74 Å². The molecule has 19 heavy (non-hydrogen) atoms. The van der Waals surface area contributed by atoms with Gasteiger partial charge in [0.25, 0.3) is 0 Å². The first-order valence-electron chi connectivity index (χ1n) is 6.09. The van der Waals surface area contributed by atoms with Crippen LogP contribution in [-0.4, -0.2) is 34.7 Å². The summed E-state index contributed by atoms with van der Waals surface area (Å²) in [5, 5.41) is 19.5. The molecule has 0 bridgehead atoms. The highest BCUT2D eigenvalue weighted by molar-refractivity contribution is 5.90. The minimum absolute atomic E-state index is 0.213. The van der Waals surface area contributed by atoms with Crippen molar-refractivity contribution >= 4 is 11.8 Å². The number of rotatable bonds is 3. The number of aliphatic carboxylic acids is 1. The van der Waals surface area contributed by atoms with E-state index in [0.29, 0.717) is 24.2 Å². The molecule has 0 saturated heterocycles. The van der Waals surface area contributed by atoms with Gasteiger partial charge in [0.05, 0.1) is 7.11 Å². The summed E-state index contributed by atoms with van der Waals surface area (Å²) in [5.41, 5.74) is -1.30. The lowest BCUT2D eigenvalue weighted by molar-refractivity contribution is -0.167. The van der Waals surface area contributed by atoms with Crippen molar-refractivity contribution in [3.05, 3.63) is 29.8 Å². The minimum atomic E-state index is -2.01. The van der Waals surface area contributed by atoms with E-state index in [1.165, 1.54) is 0 Å². The van der Waals surface area contributed by atoms with Gasteiger partial charge in [-0.1, -0.05) is 12.1 Å². The van der Waals surface area contributed by atoms with Crippen LogP contribution in [0.5, 0.6) is 5.75 Å². The van der Waals surface area contributed by atoms with Crippen molar-refractivity contribution in [1.82, 2.24) is 0 Å². The summed E-state index contributed by atoms with van der Waals surface area (Å²) in [6.07, 6.45) is 0.305. The second kappa shape index (κ2) is 5.01. The number of carboxylic acid groups (broad SMARTS) is 1. The van der Waals surface area contributed by atoms with Crippen molar-refractivity contribution in [3.8, 4) is 5.75 Å². The van der Waals surface area contributed by atoms with Crippen molar-refractivity contribution in [1.29, 1.82) is 0 Å². The summed E-state index contributed by atoms with van der Waals surface area (Å²) in [6, 6.07) is 6.89. The predicted molar refractivity (Wildman–Crippen MR) is 67.2 cm³/mol. The van der Waals surface area contributed by atoms with Crippen LogP contribution in [-0.2, 0) is 9.59 Å². The third-order valence-electron chi connectivity index (χ3n) is 3.64.